The quantitative estimate of drug-likeness (QED) is 0.753. The van der Waals surface area contributed by atoms with Gasteiger partial charge < -0.3 is 20.1 Å². The molecule has 140 valence electrons. The van der Waals surface area contributed by atoms with Crippen LogP contribution in [-0.2, 0) is 6.54 Å². The zero-order chi connectivity index (χ0) is 18.9. The second-order valence-corrected chi connectivity index (χ2v) is 5.75. The summed E-state index contributed by atoms with van der Waals surface area (Å²) in [4.78, 5) is 14.0. The molecule has 0 bridgehead atoms. The fourth-order valence-corrected chi connectivity index (χ4v) is 2.47. The molecule has 2 rings (SSSR count). The summed E-state index contributed by atoms with van der Waals surface area (Å²) in [5.74, 6) is 0.0632. The average molecular weight is 364 g/mol. The van der Waals surface area contributed by atoms with Gasteiger partial charge in [-0.3, -0.25) is 0 Å². The van der Waals surface area contributed by atoms with Gasteiger partial charge in [-0.2, -0.15) is 8.78 Å². The number of amides is 2. The highest BCUT2D eigenvalue weighted by atomic mass is 19.3. The summed E-state index contributed by atoms with van der Waals surface area (Å²) in [5.41, 5.74) is 1.71. The molecule has 0 saturated carbocycles. The lowest BCUT2D eigenvalue weighted by Gasteiger charge is -2.25. The normalized spacial score (nSPS) is 11.9. The topological polar surface area (TPSA) is 61.8 Å². The molecular weight excluding hydrogens is 342 g/mol. The molecule has 0 heterocycles. The van der Waals surface area contributed by atoms with Crippen LogP contribution in [-0.4, -0.2) is 35.8 Å². The second kappa shape index (κ2) is 9.72. The van der Waals surface area contributed by atoms with Crippen molar-refractivity contribution in [2.75, 3.05) is 13.2 Å². The number of aliphatic hydroxyl groups is 1. The fourth-order valence-electron chi connectivity index (χ4n) is 2.47. The summed E-state index contributed by atoms with van der Waals surface area (Å²) in [7, 11) is 0. The Labute approximate surface area is 151 Å². The van der Waals surface area contributed by atoms with Crippen molar-refractivity contribution in [2.24, 2.45) is 0 Å². The Morgan fingerprint density at radius 1 is 1.15 bits per heavy atom. The van der Waals surface area contributed by atoms with Crippen molar-refractivity contribution in [3.8, 4) is 5.75 Å². The molecule has 7 heteroatoms. The molecule has 0 aliphatic carbocycles. The summed E-state index contributed by atoms with van der Waals surface area (Å²) >= 11 is 0. The summed E-state index contributed by atoms with van der Waals surface area (Å²) in [6.45, 7) is -0.645. The SMILES string of the molecule is CC(NC(=O)N(CCO)Cc1ccccc1)c1ccc(OC(F)F)cc1. The van der Waals surface area contributed by atoms with Gasteiger partial charge in [0.2, 0.25) is 0 Å². The zero-order valence-electron chi connectivity index (χ0n) is 14.4. The molecule has 0 spiro atoms. The third kappa shape index (κ3) is 6.00. The average Bonchev–Trinajstić information content (AvgIpc) is 2.62. The monoisotopic (exact) mass is 364 g/mol. The van der Waals surface area contributed by atoms with E-state index in [1.807, 2.05) is 30.3 Å². The van der Waals surface area contributed by atoms with E-state index >= 15 is 0 Å². The minimum Gasteiger partial charge on any atom is -0.435 e. The van der Waals surface area contributed by atoms with Crippen LogP contribution in [0.3, 0.4) is 0 Å². The van der Waals surface area contributed by atoms with Gasteiger partial charge in [0.15, 0.2) is 0 Å². The molecule has 0 aliphatic rings. The standard InChI is InChI=1S/C19H22F2N2O3/c1-14(16-7-9-17(10-8-16)26-18(20)21)22-19(25)23(11-12-24)13-15-5-3-2-4-6-15/h2-10,14,18,24H,11-13H2,1H3,(H,22,25). The van der Waals surface area contributed by atoms with Crippen LogP contribution in [0.25, 0.3) is 0 Å². The minimum absolute atomic E-state index is 0.0632. The maximum Gasteiger partial charge on any atom is 0.387 e. The van der Waals surface area contributed by atoms with E-state index in [1.54, 1.807) is 19.1 Å². The molecule has 2 aromatic rings. The van der Waals surface area contributed by atoms with E-state index < -0.39 is 6.61 Å². The molecule has 26 heavy (non-hydrogen) atoms. The number of aliphatic hydroxyl groups excluding tert-OH is 1. The number of nitrogens with one attached hydrogen (secondary N) is 1. The molecule has 0 aliphatic heterocycles. The molecule has 5 nitrogen and oxygen atoms in total. The van der Waals surface area contributed by atoms with Crippen LogP contribution in [0.5, 0.6) is 5.75 Å². The predicted molar refractivity (Wildman–Crippen MR) is 94.0 cm³/mol. The van der Waals surface area contributed by atoms with Crippen molar-refractivity contribution in [1.82, 2.24) is 10.2 Å². The van der Waals surface area contributed by atoms with Gasteiger partial charge in [0.1, 0.15) is 5.75 Å². The van der Waals surface area contributed by atoms with Crippen molar-refractivity contribution in [2.45, 2.75) is 26.1 Å². The minimum atomic E-state index is -2.87. The number of nitrogens with zero attached hydrogens (tertiary/aromatic N) is 1. The number of hydrogen-bond donors (Lipinski definition) is 2. The van der Waals surface area contributed by atoms with Gasteiger partial charge >= 0.3 is 12.6 Å². The van der Waals surface area contributed by atoms with Gasteiger partial charge in [-0.1, -0.05) is 42.5 Å². The van der Waals surface area contributed by atoms with E-state index in [4.69, 9.17) is 0 Å². The van der Waals surface area contributed by atoms with Gasteiger partial charge in [0.25, 0.3) is 0 Å². The molecule has 1 unspecified atom stereocenters. The van der Waals surface area contributed by atoms with Gasteiger partial charge in [0, 0.05) is 13.1 Å². The van der Waals surface area contributed by atoms with E-state index in [1.165, 1.54) is 17.0 Å². The number of hydrogen-bond acceptors (Lipinski definition) is 3. The number of alkyl halides is 2. The number of benzene rings is 2. The molecule has 0 radical (unpaired) electrons. The smallest absolute Gasteiger partial charge is 0.387 e. The lowest BCUT2D eigenvalue weighted by Crippen LogP contribution is -2.42. The van der Waals surface area contributed by atoms with Crippen LogP contribution in [0.2, 0.25) is 0 Å². The highest BCUT2D eigenvalue weighted by molar-refractivity contribution is 5.74. The third-order valence-electron chi connectivity index (χ3n) is 3.82. The van der Waals surface area contributed by atoms with Gasteiger partial charge in [-0.25, -0.2) is 4.79 Å². The van der Waals surface area contributed by atoms with E-state index in [0.29, 0.717) is 6.54 Å². The number of carbonyl (C=O) groups excluding carboxylic acids is 1. The number of rotatable bonds is 8. The molecule has 0 fully saturated rings. The van der Waals surface area contributed by atoms with E-state index in [-0.39, 0.29) is 31.0 Å². The Morgan fingerprint density at radius 3 is 2.38 bits per heavy atom. The first kappa shape index (κ1) is 19.7. The second-order valence-electron chi connectivity index (χ2n) is 5.75. The highest BCUT2D eigenvalue weighted by Crippen LogP contribution is 2.19. The van der Waals surface area contributed by atoms with Crippen molar-refractivity contribution >= 4 is 6.03 Å². The van der Waals surface area contributed by atoms with Crippen molar-refractivity contribution in [3.63, 3.8) is 0 Å². The lowest BCUT2D eigenvalue weighted by atomic mass is 10.1. The van der Waals surface area contributed by atoms with Crippen LogP contribution >= 0.6 is 0 Å². The summed E-state index contributed by atoms with van der Waals surface area (Å²) in [6.07, 6.45) is 0. The lowest BCUT2D eigenvalue weighted by molar-refractivity contribution is -0.0498. The maximum atomic E-state index is 12.5. The predicted octanol–water partition coefficient (Wildman–Crippen LogP) is 3.55. The first-order valence-corrected chi connectivity index (χ1v) is 8.24. The number of carbonyl (C=O) groups is 1. The van der Waals surface area contributed by atoms with Crippen LogP contribution in [0.1, 0.15) is 24.1 Å². The Kier molecular flexibility index (Phi) is 7.35. The molecule has 2 aromatic carbocycles. The first-order chi connectivity index (χ1) is 12.5. The molecule has 2 amide bonds. The summed E-state index contributed by atoms with van der Waals surface area (Å²) in [6, 6.07) is 14.9. The Bertz CT molecular complexity index is 681. The largest absolute Gasteiger partial charge is 0.435 e. The van der Waals surface area contributed by atoms with Gasteiger partial charge in [0.05, 0.1) is 12.6 Å². The van der Waals surface area contributed by atoms with E-state index in [2.05, 4.69) is 10.1 Å². The van der Waals surface area contributed by atoms with Crippen LogP contribution in [0.4, 0.5) is 13.6 Å². The van der Waals surface area contributed by atoms with Crippen molar-refractivity contribution in [3.05, 3.63) is 65.7 Å². The van der Waals surface area contributed by atoms with Crippen molar-refractivity contribution < 1.29 is 23.4 Å². The van der Waals surface area contributed by atoms with Crippen LogP contribution < -0.4 is 10.1 Å². The number of ether oxygens (including phenoxy) is 1. The molecule has 2 N–H and O–H groups in total. The fraction of sp³-hybridized carbons (Fsp3) is 0.316. The summed E-state index contributed by atoms with van der Waals surface area (Å²) < 4.78 is 28.7. The van der Waals surface area contributed by atoms with E-state index in [9.17, 15) is 18.7 Å². The molecular formula is C19H22F2N2O3. The van der Waals surface area contributed by atoms with E-state index in [0.717, 1.165) is 11.1 Å². The third-order valence-corrected chi connectivity index (χ3v) is 3.82. The molecule has 0 aromatic heterocycles. The first-order valence-electron chi connectivity index (χ1n) is 8.24. The Balaban J connectivity index is 1.98. The molecule has 1 atom stereocenters. The molecule has 0 saturated heterocycles. The highest BCUT2D eigenvalue weighted by Gasteiger charge is 2.17. The van der Waals surface area contributed by atoms with Crippen molar-refractivity contribution in [1.29, 1.82) is 0 Å². The van der Waals surface area contributed by atoms with Gasteiger partial charge in [-0.05, 0) is 30.2 Å². The maximum absolute atomic E-state index is 12.5. The number of urea groups is 1. The summed E-state index contributed by atoms with van der Waals surface area (Å²) in [5, 5.41) is 12.1. The Hall–Kier alpha value is -2.67. The number of halogens is 2. The zero-order valence-corrected chi connectivity index (χ0v) is 14.4. The van der Waals surface area contributed by atoms with Gasteiger partial charge in [-0.15, -0.1) is 0 Å². The Morgan fingerprint density at radius 2 is 1.81 bits per heavy atom. The van der Waals surface area contributed by atoms with Crippen LogP contribution in [0.15, 0.2) is 54.6 Å². The van der Waals surface area contributed by atoms with Crippen LogP contribution in [0, 0.1) is 0 Å².